The molecule has 0 spiro atoms. The predicted octanol–water partition coefficient (Wildman–Crippen LogP) is 4.09. The summed E-state index contributed by atoms with van der Waals surface area (Å²) in [5, 5.41) is 0. The van der Waals surface area contributed by atoms with Crippen molar-refractivity contribution in [1.82, 2.24) is 14.5 Å². The van der Waals surface area contributed by atoms with Crippen LogP contribution in [0.4, 0.5) is 15.0 Å². The molecular formula is C26H27FN4O4. The van der Waals surface area contributed by atoms with E-state index in [4.69, 9.17) is 9.47 Å². The molecular weight excluding hydrogens is 451 g/mol. The first-order chi connectivity index (χ1) is 16.9. The van der Waals surface area contributed by atoms with Gasteiger partial charge in [0.15, 0.2) is 0 Å². The fourth-order valence-corrected chi connectivity index (χ4v) is 4.70. The summed E-state index contributed by atoms with van der Waals surface area (Å²) in [5.74, 6) is 0.884. The minimum atomic E-state index is -0.399. The lowest BCUT2D eigenvalue weighted by molar-refractivity contribution is 0.135. The Bertz CT molecular complexity index is 1370. The summed E-state index contributed by atoms with van der Waals surface area (Å²) in [5.41, 5.74) is 3.20. The first-order valence-corrected chi connectivity index (χ1v) is 11.8. The van der Waals surface area contributed by atoms with Gasteiger partial charge in [0.1, 0.15) is 30.1 Å². The number of fused-ring (bicyclic) bond motifs is 2. The van der Waals surface area contributed by atoms with Gasteiger partial charge in [0.25, 0.3) is 5.56 Å². The number of pyridine rings is 3. The molecule has 2 aliphatic heterocycles. The summed E-state index contributed by atoms with van der Waals surface area (Å²) in [4.78, 5) is 34.7. The van der Waals surface area contributed by atoms with Crippen molar-refractivity contribution in [1.29, 1.82) is 0 Å². The SMILES string of the molecule is C=C1COc2ccc(N3CC(CCCCCc4c(F)cnc5ccc(=O)n(C)c45)OC3=O)nc2C1. The van der Waals surface area contributed by atoms with Crippen LogP contribution in [0.2, 0.25) is 0 Å². The van der Waals surface area contributed by atoms with Crippen LogP contribution in [0.1, 0.15) is 36.9 Å². The molecule has 0 bridgehead atoms. The molecule has 9 heteroatoms. The van der Waals surface area contributed by atoms with E-state index in [1.165, 1.54) is 16.8 Å². The van der Waals surface area contributed by atoms with Crippen molar-refractivity contribution in [3.05, 3.63) is 70.0 Å². The molecule has 2 aliphatic rings. The fourth-order valence-electron chi connectivity index (χ4n) is 4.70. The maximum absolute atomic E-state index is 14.5. The molecule has 0 radical (unpaired) electrons. The largest absolute Gasteiger partial charge is 0.487 e. The molecule has 5 heterocycles. The van der Waals surface area contributed by atoms with Gasteiger partial charge in [-0.3, -0.25) is 14.7 Å². The standard InChI is InChI=1S/C26H27FN4O4/c1-16-12-21-22(34-15-16)9-10-23(29-21)31-14-17(35-26(31)33)6-4-3-5-7-18-19(27)13-28-20-8-11-24(32)30(2)25(18)20/h8-11,13,17H,1,3-7,12,14-15H2,2H3. The lowest BCUT2D eigenvalue weighted by atomic mass is 10.0. The molecule has 3 aromatic heterocycles. The molecule has 3 aromatic rings. The lowest BCUT2D eigenvalue weighted by Gasteiger charge is -2.20. The smallest absolute Gasteiger partial charge is 0.415 e. The van der Waals surface area contributed by atoms with Crippen molar-refractivity contribution >= 4 is 22.9 Å². The van der Waals surface area contributed by atoms with E-state index in [0.717, 1.165) is 36.3 Å². The number of nitrogens with zero attached hydrogens (tertiary/aromatic N) is 4. The van der Waals surface area contributed by atoms with Crippen LogP contribution in [-0.4, -0.2) is 39.9 Å². The number of amides is 1. The number of anilines is 1. The van der Waals surface area contributed by atoms with E-state index in [-0.39, 0.29) is 11.7 Å². The molecule has 5 rings (SSSR count). The molecule has 0 aromatic carbocycles. The van der Waals surface area contributed by atoms with Crippen LogP contribution >= 0.6 is 0 Å². The van der Waals surface area contributed by atoms with E-state index >= 15 is 0 Å². The monoisotopic (exact) mass is 478 g/mol. The van der Waals surface area contributed by atoms with E-state index in [1.54, 1.807) is 24.1 Å². The number of unbranched alkanes of at least 4 members (excludes halogenated alkanes) is 2. The number of hydrogen-bond acceptors (Lipinski definition) is 6. The summed E-state index contributed by atoms with van der Waals surface area (Å²) < 4.78 is 27.1. The highest BCUT2D eigenvalue weighted by Crippen LogP contribution is 2.30. The molecule has 1 unspecified atom stereocenters. The molecule has 182 valence electrons. The van der Waals surface area contributed by atoms with Crippen LogP contribution in [-0.2, 0) is 24.6 Å². The highest BCUT2D eigenvalue weighted by Gasteiger charge is 2.33. The molecule has 0 saturated carbocycles. The van der Waals surface area contributed by atoms with Gasteiger partial charge in [0.05, 0.1) is 29.5 Å². The van der Waals surface area contributed by atoms with Gasteiger partial charge >= 0.3 is 6.09 Å². The van der Waals surface area contributed by atoms with Crippen molar-refractivity contribution in [2.24, 2.45) is 7.05 Å². The fraction of sp³-hybridized carbons (Fsp3) is 0.385. The average molecular weight is 479 g/mol. The minimum Gasteiger partial charge on any atom is -0.487 e. The van der Waals surface area contributed by atoms with E-state index in [9.17, 15) is 14.0 Å². The van der Waals surface area contributed by atoms with E-state index in [0.29, 0.717) is 54.8 Å². The average Bonchev–Trinajstić information content (AvgIpc) is 3.22. The maximum Gasteiger partial charge on any atom is 0.415 e. The minimum absolute atomic E-state index is 0.190. The Morgan fingerprint density at radius 2 is 2.03 bits per heavy atom. The third-order valence-corrected chi connectivity index (χ3v) is 6.55. The van der Waals surface area contributed by atoms with E-state index in [2.05, 4.69) is 16.5 Å². The number of hydrogen-bond donors (Lipinski definition) is 0. The van der Waals surface area contributed by atoms with Gasteiger partial charge in [-0.1, -0.05) is 13.0 Å². The predicted molar refractivity (Wildman–Crippen MR) is 129 cm³/mol. The first kappa shape index (κ1) is 23.0. The van der Waals surface area contributed by atoms with E-state index < -0.39 is 11.9 Å². The van der Waals surface area contributed by atoms with Crippen LogP contribution in [0.5, 0.6) is 5.75 Å². The molecule has 0 N–H and O–H groups in total. The second-order valence-electron chi connectivity index (χ2n) is 9.09. The first-order valence-electron chi connectivity index (χ1n) is 11.8. The Labute approximate surface area is 202 Å². The second-order valence-corrected chi connectivity index (χ2v) is 9.09. The molecule has 1 fully saturated rings. The Morgan fingerprint density at radius 3 is 2.89 bits per heavy atom. The third kappa shape index (κ3) is 4.62. The van der Waals surface area contributed by atoms with Gasteiger partial charge < -0.3 is 14.0 Å². The number of carbonyl (C=O) groups is 1. The maximum atomic E-state index is 14.5. The van der Waals surface area contributed by atoms with Crippen LogP contribution < -0.4 is 15.2 Å². The normalized spacial score (nSPS) is 17.4. The van der Waals surface area contributed by atoms with Crippen LogP contribution in [0.15, 0.2) is 47.4 Å². The van der Waals surface area contributed by atoms with Gasteiger partial charge in [-0.25, -0.2) is 14.2 Å². The number of rotatable bonds is 7. The quantitative estimate of drug-likeness (QED) is 0.376. The van der Waals surface area contributed by atoms with Crippen molar-refractivity contribution in [3.8, 4) is 5.75 Å². The molecule has 0 aliphatic carbocycles. The zero-order valence-corrected chi connectivity index (χ0v) is 19.6. The molecule has 1 saturated heterocycles. The van der Waals surface area contributed by atoms with Gasteiger partial charge in [0, 0.05) is 25.1 Å². The zero-order valence-electron chi connectivity index (χ0n) is 19.6. The summed E-state index contributed by atoms with van der Waals surface area (Å²) in [6.45, 7) is 4.89. The number of halogens is 1. The highest BCUT2D eigenvalue weighted by molar-refractivity contribution is 5.88. The number of aromatic nitrogens is 3. The van der Waals surface area contributed by atoms with Crippen molar-refractivity contribution in [2.75, 3.05) is 18.1 Å². The van der Waals surface area contributed by atoms with Crippen molar-refractivity contribution in [2.45, 2.75) is 44.6 Å². The van der Waals surface area contributed by atoms with Crippen LogP contribution in [0, 0.1) is 5.82 Å². The molecule has 35 heavy (non-hydrogen) atoms. The highest BCUT2D eigenvalue weighted by atomic mass is 19.1. The summed E-state index contributed by atoms with van der Waals surface area (Å²) in [6.07, 6.45) is 4.88. The van der Waals surface area contributed by atoms with Crippen molar-refractivity contribution in [3.63, 3.8) is 0 Å². The van der Waals surface area contributed by atoms with Gasteiger partial charge in [-0.05, 0) is 49.5 Å². The third-order valence-electron chi connectivity index (χ3n) is 6.55. The number of aryl methyl sites for hydroxylation is 2. The number of carbonyl (C=O) groups excluding carboxylic acids is 1. The molecule has 8 nitrogen and oxygen atoms in total. The summed E-state index contributed by atoms with van der Waals surface area (Å²) in [6, 6.07) is 6.68. The lowest BCUT2D eigenvalue weighted by Crippen LogP contribution is -2.26. The molecule has 1 amide bonds. The van der Waals surface area contributed by atoms with Gasteiger partial charge in [-0.15, -0.1) is 0 Å². The Kier molecular flexibility index (Phi) is 6.23. The second kappa shape index (κ2) is 9.48. The van der Waals surface area contributed by atoms with E-state index in [1.807, 2.05) is 6.07 Å². The Hall–Kier alpha value is -3.75. The topological polar surface area (TPSA) is 86.5 Å². The van der Waals surface area contributed by atoms with Gasteiger partial charge in [0.2, 0.25) is 0 Å². The number of ether oxygens (including phenoxy) is 2. The van der Waals surface area contributed by atoms with Crippen LogP contribution in [0.3, 0.4) is 0 Å². The van der Waals surface area contributed by atoms with Crippen LogP contribution in [0.25, 0.3) is 11.0 Å². The van der Waals surface area contributed by atoms with Crippen molar-refractivity contribution < 1.29 is 18.7 Å². The number of cyclic esters (lactones) is 1. The van der Waals surface area contributed by atoms with Gasteiger partial charge in [-0.2, -0.15) is 0 Å². The molecule has 1 atom stereocenters. The Balaban J connectivity index is 1.15. The summed E-state index contributed by atoms with van der Waals surface area (Å²) in [7, 11) is 1.64. The Morgan fingerprint density at radius 1 is 1.17 bits per heavy atom. The summed E-state index contributed by atoms with van der Waals surface area (Å²) >= 11 is 0. The zero-order chi connectivity index (χ0) is 24.5.